The standard InChI is InChI=1S/C18H23N3O4/c1-17(24)6-9-25-18(16(17)23)4-7-21(8-5-18)15(22)12-2-3-13-14(10-12)20-11-19-13/h2-3,10-11,16,23-24H,4-9H2,1H3,(H,19,20)/t16-,17+/m0/s1. The summed E-state index contributed by atoms with van der Waals surface area (Å²) >= 11 is 0. The lowest BCUT2D eigenvalue weighted by Crippen LogP contribution is -2.64. The van der Waals surface area contributed by atoms with E-state index in [-0.39, 0.29) is 5.91 Å². The average Bonchev–Trinajstić information content (AvgIpc) is 3.07. The molecule has 0 aliphatic carbocycles. The molecule has 7 heteroatoms. The van der Waals surface area contributed by atoms with Crippen LogP contribution in [0.15, 0.2) is 24.5 Å². The first kappa shape index (κ1) is 16.5. The Hall–Kier alpha value is -1.96. The van der Waals surface area contributed by atoms with Crippen molar-refractivity contribution in [3.63, 3.8) is 0 Å². The SMILES string of the molecule is C[C@@]1(O)CCOC2(CCN(C(=O)c3ccc4nc[nH]c4c3)CC2)[C@H]1O. The van der Waals surface area contributed by atoms with Crippen molar-refractivity contribution in [3.05, 3.63) is 30.1 Å². The molecular weight excluding hydrogens is 322 g/mol. The second kappa shape index (κ2) is 5.79. The minimum atomic E-state index is -1.14. The molecule has 2 aliphatic heterocycles. The zero-order valence-electron chi connectivity index (χ0n) is 14.2. The highest BCUT2D eigenvalue weighted by molar-refractivity contribution is 5.97. The lowest BCUT2D eigenvalue weighted by atomic mass is 9.75. The van der Waals surface area contributed by atoms with E-state index in [1.807, 2.05) is 12.1 Å². The molecule has 2 aliphatic rings. The molecule has 25 heavy (non-hydrogen) atoms. The maximum Gasteiger partial charge on any atom is 0.253 e. The number of amides is 1. The minimum absolute atomic E-state index is 0.0385. The maximum atomic E-state index is 12.8. The van der Waals surface area contributed by atoms with E-state index in [4.69, 9.17) is 4.74 Å². The number of fused-ring (bicyclic) bond motifs is 1. The van der Waals surface area contributed by atoms with Gasteiger partial charge in [-0.25, -0.2) is 4.98 Å². The van der Waals surface area contributed by atoms with Crippen molar-refractivity contribution in [1.82, 2.24) is 14.9 Å². The number of imidazole rings is 1. The van der Waals surface area contributed by atoms with Crippen LogP contribution >= 0.6 is 0 Å². The Morgan fingerprint density at radius 2 is 2.12 bits per heavy atom. The van der Waals surface area contributed by atoms with Crippen LogP contribution in [0.25, 0.3) is 11.0 Å². The van der Waals surface area contributed by atoms with Crippen LogP contribution in [-0.4, -0.2) is 68.0 Å². The molecule has 2 atom stereocenters. The van der Waals surface area contributed by atoms with Gasteiger partial charge in [0, 0.05) is 25.1 Å². The first-order chi connectivity index (χ1) is 11.9. The summed E-state index contributed by atoms with van der Waals surface area (Å²) in [5, 5.41) is 20.9. The van der Waals surface area contributed by atoms with Crippen LogP contribution in [-0.2, 0) is 4.74 Å². The Morgan fingerprint density at radius 3 is 2.88 bits per heavy atom. The highest BCUT2D eigenvalue weighted by Gasteiger charge is 2.52. The van der Waals surface area contributed by atoms with Gasteiger partial charge in [0.15, 0.2) is 0 Å². The van der Waals surface area contributed by atoms with Gasteiger partial charge < -0.3 is 24.8 Å². The van der Waals surface area contributed by atoms with E-state index in [0.717, 1.165) is 11.0 Å². The van der Waals surface area contributed by atoms with Crippen LogP contribution in [0.4, 0.5) is 0 Å². The highest BCUT2D eigenvalue weighted by Crippen LogP contribution is 2.40. The van der Waals surface area contributed by atoms with E-state index in [2.05, 4.69) is 9.97 Å². The molecule has 3 heterocycles. The van der Waals surface area contributed by atoms with Gasteiger partial charge in [0.25, 0.3) is 5.91 Å². The fourth-order valence-electron chi connectivity index (χ4n) is 4.00. The molecule has 134 valence electrons. The van der Waals surface area contributed by atoms with Gasteiger partial charge in [-0.15, -0.1) is 0 Å². The van der Waals surface area contributed by atoms with Crippen molar-refractivity contribution < 1.29 is 19.7 Å². The molecule has 2 saturated heterocycles. The van der Waals surface area contributed by atoms with E-state index >= 15 is 0 Å². The van der Waals surface area contributed by atoms with Gasteiger partial charge in [0.2, 0.25) is 0 Å². The second-order valence-electron chi connectivity index (χ2n) is 7.35. The molecule has 1 amide bonds. The molecule has 4 rings (SSSR count). The lowest BCUT2D eigenvalue weighted by molar-refractivity contribution is -0.244. The number of benzene rings is 1. The molecule has 2 fully saturated rings. The number of H-pyrrole nitrogens is 1. The molecule has 2 aromatic rings. The molecular formula is C18H23N3O4. The number of aliphatic hydroxyl groups excluding tert-OH is 1. The number of carbonyl (C=O) groups excluding carboxylic acids is 1. The van der Waals surface area contributed by atoms with Crippen LogP contribution in [0.1, 0.15) is 36.5 Å². The Labute approximate surface area is 145 Å². The number of nitrogens with one attached hydrogen (secondary N) is 1. The van der Waals surface area contributed by atoms with E-state index in [9.17, 15) is 15.0 Å². The highest BCUT2D eigenvalue weighted by atomic mass is 16.5. The molecule has 0 unspecified atom stereocenters. The van der Waals surface area contributed by atoms with Gasteiger partial charge in [0.05, 0.1) is 29.6 Å². The number of rotatable bonds is 1. The van der Waals surface area contributed by atoms with Gasteiger partial charge in [-0.2, -0.15) is 0 Å². The summed E-state index contributed by atoms with van der Waals surface area (Å²) in [4.78, 5) is 21.7. The van der Waals surface area contributed by atoms with Crippen molar-refractivity contribution in [2.24, 2.45) is 0 Å². The zero-order chi connectivity index (χ0) is 17.7. The molecule has 1 aromatic carbocycles. The number of nitrogens with zero attached hydrogens (tertiary/aromatic N) is 2. The first-order valence-electron chi connectivity index (χ1n) is 8.68. The lowest BCUT2D eigenvalue weighted by Gasteiger charge is -2.51. The zero-order valence-corrected chi connectivity index (χ0v) is 14.2. The van der Waals surface area contributed by atoms with Crippen LogP contribution in [0, 0.1) is 0 Å². The number of likely N-dealkylation sites (tertiary alicyclic amines) is 1. The number of hydrogen-bond donors (Lipinski definition) is 3. The number of hydrogen-bond acceptors (Lipinski definition) is 5. The Morgan fingerprint density at radius 1 is 1.36 bits per heavy atom. The summed E-state index contributed by atoms with van der Waals surface area (Å²) in [5.41, 5.74) is 0.378. The normalized spacial score (nSPS) is 29.2. The van der Waals surface area contributed by atoms with E-state index < -0.39 is 17.3 Å². The smallest absolute Gasteiger partial charge is 0.253 e. The van der Waals surface area contributed by atoms with Crippen LogP contribution < -0.4 is 0 Å². The van der Waals surface area contributed by atoms with E-state index in [1.54, 1.807) is 24.2 Å². The third-order valence-corrected chi connectivity index (χ3v) is 5.65. The van der Waals surface area contributed by atoms with Gasteiger partial charge in [-0.1, -0.05) is 0 Å². The molecule has 1 aromatic heterocycles. The summed E-state index contributed by atoms with van der Waals surface area (Å²) in [6.07, 6.45) is 2.12. The number of aromatic nitrogens is 2. The molecule has 0 radical (unpaired) electrons. The quantitative estimate of drug-likeness (QED) is 0.718. The van der Waals surface area contributed by atoms with Crippen molar-refractivity contribution >= 4 is 16.9 Å². The van der Waals surface area contributed by atoms with Crippen molar-refractivity contribution in [1.29, 1.82) is 0 Å². The van der Waals surface area contributed by atoms with E-state index in [0.29, 0.717) is 44.5 Å². The van der Waals surface area contributed by atoms with Crippen molar-refractivity contribution in [3.8, 4) is 0 Å². The first-order valence-corrected chi connectivity index (χ1v) is 8.68. The van der Waals surface area contributed by atoms with Crippen molar-refractivity contribution in [2.45, 2.75) is 43.5 Å². The minimum Gasteiger partial charge on any atom is -0.387 e. The molecule has 0 bridgehead atoms. The largest absolute Gasteiger partial charge is 0.387 e. The fourth-order valence-corrected chi connectivity index (χ4v) is 4.00. The number of aromatic amines is 1. The Bertz CT molecular complexity index is 792. The molecule has 0 saturated carbocycles. The Balaban J connectivity index is 1.48. The second-order valence-corrected chi connectivity index (χ2v) is 7.35. The third-order valence-electron chi connectivity index (χ3n) is 5.65. The van der Waals surface area contributed by atoms with Gasteiger partial charge >= 0.3 is 0 Å². The van der Waals surface area contributed by atoms with Crippen LogP contribution in [0.5, 0.6) is 0 Å². The van der Waals surface area contributed by atoms with Gasteiger partial charge in [-0.05, 0) is 38.0 Å². The van der Waals surface area contributed by atoms with Crippen LogP contribution in [0.3, 0.4) is 0 Å². The molecule has 3 N–H and O–H groups in total. The summed E-state index contributed by atoms with van der Waals surface area (Å²) in [7, 11) is 0. The summed E-state index contributed by atoms with van der Waals surface area (Å²) in [6.45, 7) is 3.06. The van der Waals surface area contributed by atoms with E-state index in [1.165, 1.54) is 0 Å². The number of aliphatic hydroxyl groups is 2. The summed E-state index contributed by atoms with van der Waals surface area (Å²) in [5.74, 6) is -0.0385. The topological polar surface area (TPSA) is 98.7 Å². The summed E-state index contributed by atoms with van der Waals surface area (Å²) < 4.78 is 5.87. The maximum absolute atomic E-state index is 12.8. The van der Waals surface area contributed by atoms with Gasteiger partial charge in [-0.3, -0.25) is 4.79 Å². The third kappa shape index (κ3) is 2.72. The predicted molar refractivity (Wildman–Crippen MR) is 91.2 cm³/mol. The molecule has 7 nitrogen and oxygen atoms in total. The predicted octanol–water partition coefficient (Wildman–Crippen LogP) is 1.07. The van der Waals surface area contributed by atoms with Gasteiger partial charge in [0.1, 0.15) is 11.7 Å². The number of carbonyl (C=O) groups is 1. The molecule has 1 spiro atoms. The number of piperidine rings is 1. The van der Waals surface area contributed by atoms with Crippen LogP contribution in [0.2, 0.25) is 0 Å². The van der Waals surface area contributed by atoms with Crippen molar-refractivity contribution in [2.75, 3.05) is 19.7 Å². The number of ether oxygens (including phenoxy) is 1. The average molecular weight is 345 g/mol. The Kier molecular flexibility index (Phi) is 3.82. The fraction of sp³-hybridized carbons (Fsp3) is 0.556. The summed E-state index contributed by atoms with van der Waals surface area (Å²) in [6, 6.07) is 5.42. The monoisotopic (exact) mass is 345 g/mol.